The average molecular weight is 379 g/mol. The molecular formula is C16H22Cl3N3O. The Morgan fingerprint density at radius 3 is 2.83 bits per heavy atom. The topological polar surface area (TPSA) is 58.4 Å². The van der Waals surface area contributed by atoms with Gasteiger partial charge >= 0.3 is 0 Å². The third-order valence-corrected chi connectivity index (χ3v) is 5.36. The van der Waals surface area contributed by atoms with Crippen LogP contribution in [-0.2, 0) is 4.79 Å². The quantitative estimate of drug-likeness (QED) is 0.847. The second-order valence-corrected chi connectivity index (χ2v) is 7.23. The predicted molar refractivity (Wildman–Crippen MR) is 97.6 cm³/mol. The third-order valence-electron chi connectivity index (χ3n) is 4.80. The number of hydrogen-bond donors (Lipinski definition) is 2. The van der Waals surface area contributed by atoms with Gasteiger partial charge < -0.3 is 11.1 Å². The molecular weight excluding hydrogens is 357 g/mol. The normalized spacial score (nSPS) is 27.2. The highest BCUT2D eigenvalue weighted by molar-refractivity contribution is 6.35. The minimum Gasteiger partial charge on any atom is -0.327 e. The van der Waals surface area contributed by atoms with Gasteiger partial charge in [-0.15, -0.1) is 12.4 Å². The predicted octanol–water partition coefficient (Wildman–Crippen LogP) is 3.41. The van der Waals surface area contributed by atoms with Crippen LogP contribution in [0.4, 0.5) is 5.69 Å². The fourth-order valence-corrected chi connectivity index (χ4v) is 4.06. The zero-order valence-corrected chi connectivity index (χ0v) is 15.1. The minimum absolute atomic E-state index is 0. The lowest BCUT2D eigenvalue weighted by Gasteiger charge is -2.29. The van der Waals surface area contributed by atoms with E-state index in [1.165, 1.54) is 12.8 Å². The molecule has 1 saturated carbocycles. The number of nitrogens with two attached hydrogens (primary N) is 1. The van der Waals surface area contributed by atoms with Gasteiger partial charge in [0.2, 0.25) is 5.91 Å². The summed E-state index contributed by atoms with van der Waals surface area (Å²) >= 11 is 12.0. The molecule has 1 aromatic rings. The smallest absolute Gasteiger partial charge is 0.238 e. The van der Waals surface area contributed by atoms with Gasteiger partial charge in [0.1, 0.15) is 0 Å². The molecule has 1 amide bonds. The first-order valence-corrected chi connectivity index (χ1v) is 8.51. The molecule has 0 spiro atoms. The first-order valence-electron chi connectivity index (χ1n) is 7.76. The number of benzene rings is 1. The third kappa shape index (κ3) is 4.52. The van der Waals surface area contributed by atoms with Crippen molar-refractivity contribution in [1.29, 1.82) is 0 Å². The molecule has 1 saturated heterocycles. The molecule has 3 rings (SSSR count). The van der Waals surface area contributed by atoms with Crippen molar-refractivity contribution in [2.75, 3.05) is 25.0 Å². The summed E-state index contributed by atoms with van der Waals surface area (Å²) in [6.07, 6.45) is 3.55. The number of rotatable bonds is 3. The number of fused-ring (bicyclic) bond motifs is 1. The van der Waals surface area contributed by atoms with Gasteiger partial charge in [-0.25, -0.2) is 0 Å². The van der Waals surface area contributed by atoms with Crippen LogP contribution in [0.2, 0.25) is 10.0 Å². The standard InChI is InChI=1S/C16H21Cl2N3O.ClH/c17-11-4-5-13(18)15(6-11)20-16(22)9-21-7-10-2-1-3-14(19)12(10)8-21;/h4-6,10,12,14H,1-3,7-9,19H2,(H,20,22);1H. The number of carbonyl (C=O) groups is 1. The summed E-state index contributed by atoms with van der Waals surface area (Å²) in [5.74, 6) is 1.12. The number of likely N-dealkylation sites (tertiary alicyclic amines) is 1. The summed E-state index contributed by atoms with van der Waals surface area (Å²) in [4.78, 5) is 14.4. The summed E-state index contributed by atoms with van der Waals surface area (Å²) < 4.78 is 0. The molecule has 3 N–H and O–H groups in total. The van der Waals surface area contributed by atoms with Crippen molar-refractivity contribution >= 4 is 47.2 Å². The largest absolute Gasteiger partial charge is 0.327 e. The van der Waals surface area contributed by atoms with Gasteiger partial charge in [0.15, 0.2) is 0 Å². The lowest BCUT2D eigenvalue weighted by atomic mass is 9.78. The van der Waals surface area contributed by atoms with Crippen LogP contribution in [-0.4, -0.2) is 36.5 Å². The molecule has 3 unspecified atom stereocenters. The maximum atomic E-state index is 12.2. The molecule has 23 heavy (non-hydrogen) atoms. The molecule has 3 atom stereocenters. The highest BCUT2D eigenvalue weighted by Gasteiger charge is 2.38. The molecule has 4 nitrogen and oxygen atoms in total. The van der Waals surface area contributed by atoms with Crippen molar-refractivity contribution in [1.82, 2.24) is 4.90 Å². The van der Waals surface area contributed by atoms with Gasteiger partial charge in [-0.2, -0.15) is 0 Å². The van der Waals surface area contributed by atoms with Crippen LogP contribution in [0, 0.1) is 11.8 Å². The molecule has 1 heterocycles. The fraction of sp³-hybridized carbons (Fsp3) is 0.562. The second-order valence-electron chi connectivity index (χ2n) is 6.39. The van der Waals surface area contributed by atoms with E-state index in [1.54, 1.807) is 18.2 Å². The molecule has 0 aromatic heterocycles. The summed E-state index contributed by atoms with van der Waals surface area (Å²) in [7, 11) is 0. The summed E-state index contributed by atoms with van der Waals surface area (Å²) in [5.41, 5.74) is 6.78. The van der Waals surface area contributed by atoms with E-state index in [4.69, 9.17) is 28.9 Å². The maximum absolute atomic E-state index is 12.2. The molecule has 128 valence electrons. The number of amides is 1. The molecule has 1 aliphatic carbocycles. The first kappa shape index (κ1) is 18.8. The van der Waals surface area contributed by atoms with Crippen molar-refractivity contribution in [3.63, 3.8) is 0 Å². The Morgan fingerprint density at radius 1 is 1.30 bits per heavy atom. The van der Waals surface area contributed by atoms with Gasteiger partial charge in [0.25, 0.3) is 0 Å². The Morgan fingerprint density at radius 2 is 2.09 bits per heavy atom. The Bertz CT molecular complexity index is 570. The highest BCUT2D eigenvalue weighted by Crippen LogP contribution is 2.35. The Kier molecular flexibility index (Phi) is 6.57. The average Bonchev–Trinajstić information content (AvgIpc) is 2.86. The van der Waals surface area contributed by atoms with E-state index in [2.05, 4.69) is 10.2 Å². The van der Waals surface area contributed by atoms with Gasteiger partial charge in [0, 0.05) is 24.2 Å². The Hall–Kier alpha value is -0.520. The SMILES string of the molecule is Cl.NC1CCCC2CN(CC(=O)Nc3cc(Cl)ccc3Cl)CC12. The summed E-state index contributed by atoms with van der Waals surface area (Å²) in [6, 6.07) is 5.34. The minimum atomic E-state index is -0.0589. The molecule has 2 fully saturated rings. The molecule has 2 aliphatic rings. The van der Waals surface area contributed by atoms with Gasteiger partial charge in [-0.1, -0.05) is 29.6 Å². The monoisotopic (exact) mass is 377 g/mol. The van der Waals surface area contributed by atoms with E-state index in [9.17, 15) is 4.79 Å². The zero-order valence-electron chi connectivity index (χ0n) is 12.8. The van der Waals surface area contributed by atoms with Crippen LogP contribution >= 0.6 is 35.6 Å². The van der Waals surface area contributed by atoms with Crippen molar-refractivity contribution < 1.29 is 4.79 Å². The second kappa shape index (κ2) is 8.04. The maximum Gasteiger partial charge on any atom is 0.238 e. The van der Waals surface area contributed by atoms with Crippen LogP contribution in [0.1, 0.15) is 19.3 Å². The Labute approximate surface area is 153 Å². The number of halogens is 3. The molecule has 0 radical (unpaired) electrons. The number of carbonyl (C=O) groups excluding carboxylic acids is 1. The van der Waals surface area contributed by atoms with E-state index in [-0.39, 0.29) is 24.4 Å². The van der Waals surface area contributed by atoms with E-state index < -0.39 is 0 Å². The number of nitrogens with zero attached hydrogens (tertiary/aromatic N) is 1. The number of hydrogen-bond acceptors (Lipinski definition) is 3. The summed E-state index contributed by atoms with van der Waals surface area (Å²) in [5, 5.41) is 3.89. The van der Waals surface area contributed by atoms with Crippen LogP contribution < -0.4 is 11.1 Å². The van der Waals surface area contributed by atoms with Crippen LogP contribution in [0.25, 0.3) is 0 Å². The van der Waals surface area contributed by atoms with E-state index in [0.717, 1.165) is 19.5 Å². The van der Waals surface area contributed by atoms with Gasteiger partial charge in [0.05, 0.1) is 17.3 Å². The van der Waals surface area contributed by atoms with Crippen LogP contribution in [0.3, 0.4) is 0 Å². The molecule has 1 aromatic carbocycles. The van der Waals surface area contributed by atoms with E-state index in [1.807, 2.05) is 0 Å². The highest BCUT2D eigenvalue weighted by atomic mass is 35.5. The number of nitrogens with one attached hydrogen (secondary N) is 1. The molecule has 0 bridgehead atoms. The Balaban J connectivity index is 0.00000192. The van der Waals surface area contributed by atoms with E-state index >= 15 is 0 Å². The zero-order chi connectivity index (χ0) is 15.7. The van der Waals surface area contributed by atoms with Gasteiger partial charge in [-0.05, 0) is 42.9 Å². The number of anilines is 1. The first-order chi connectivity index (χ1) is 10.5. The lowest BCUT2D eigenvalue weighted by Crippen LogP contribution is -2.38. The summed E-state index contributed by atoms with van der Waals surface area (Å²) in [6.45, 7) is 2.26. The van der Waals surface area contributed by atoms with Crippen molar-refractivity contribution in [3.8, 4) is 0 Å². The van der Waals surface area contributed by atoms with Gasteiger partial charge in [-0.3, -0.25) is 9.69 Å². The fourth-order valence-electron chi connectivity index (χ4n) is 3.72. The van der Waals surface area contributed by atoms with E-state index in [0.29, 0.717) is 34.1 Å². The van der Waals surface area contributed by atoms with Crippen molar-refractivity contribution in [3.05, 3.63) is 28.2 Å². The van der Waals surface area contributed by atoms with Crippen LogP contribution in [0.5, 0.6) is 0 Å². The molecule has 7 heteroatoms. The lowest BCUT2D eigenvalue weighted by molar-refractivity contribution is -0.117. The molecule has 1 aliphatic heterocycles. The van der Waals surface area contributed by atoms with Crippen molar-refractivity contribution in [2.24, 2.45) is 17.6 Å². The van der Waals surface area contributed by atoms with Crippen LogP contribution in [0.15, 0.2) is 18.2 Å². The van der Waals surface area contributed by atoms with Crippen molar-refractivity contribution in [2.45, 2.75) is 25.3 Å².